The van der Waals surface area contributed by atoms with Crippen molar-refractivity contribution in [2.45, 2.75) is 19.8 Å². The predicted molar refractivity (Wildman–Crippen MR) is 103 cm³/mol. The van der Waals surface area contributed by atoms with Crippen molar-refractivity contribution < 1.29 is 29.1 Å². The zero-order valence-electron chi connectivity index (χ0n) is 16.0. The van der Waals surface area contributed by atoms with Crippen LogP contribution < -0.4 is 0 Å². The van der Waals surface area contributed by atoms with E-state index in [9.17, 15) is 19.5 Å². The monoisotopic (exact) mass is 397 g/mol. The van der Waals surface area contributed by atoms with Gasteiger partial charge in [-0.3, -0.25) is 4.79 Å². The lowest BCUT2D eigenvalue weighted by atomic mass is 10.0. The van der Waals surface area contributed by atoms with Crippen molar-refractivity contribution in [2.75, 3.05) is 7.11 Å². The summed E-state index contributed by atoms with van der Waals surface area (Å²) in [6.07, 6.45) is 4.10. The largest absolute Gasteiger partial charge is 0.500 e. The van der Waals surface area contributed by atoms with Gasteiger partial charge in [-0.05, 0) is 31.0 Å². The van der Waals surface area contributed by atoms with Crippen molar-refractivity contribution in [3.8, 4) is 0 Å². The molecule has 9 heteroatoms. The molecular weight excluding hydrogens is 378 g/mol. The fourth-order valence-corrected chi connectivity index (χ4v) is 2.42. The van der Waals surface area contributed by atoms with E-state index >= 15 is 0 Å². The van der Waals surface area contributed by atoms with Gasteiger partial charge in [-0.1, -0.05) is 29.4 Å². The first-order valence-electron chi connectivity index (χ1n) is 8.45. The molecule has 1 aromatic heterocycles. The number of benzene rings is 1. The van der Waals surface area contributed by atoms with E-state index in [4.69, 9.17) is 9.57 Å². The zero-order chi connectivity index (χ0) is 21.4. The second kappa shape index (κ2) is 9.88. The van der Waals surface area contributed by atoms with Gasteiger partial charge in [0.15, 0.2) is 11.7 Å². The highest BCUT2D eigenvalue weighted by Gasteiger charge is 2.30. The number of Topliss-reactive ketones (excluding diaryl/α,β-unsaturated/α-hetero) is 1. The molecule has 0 saturated heterocycles. The first-order valence-corrected chi connectivity index (χ1v) is 8.45. The van der Waals surface area contributed by atoms with Gasteiger partial charge in [0, 0.05) is 12.4 Å². The lowest BCUT2D eigenvalue weighted by molar-refractivity contribution is -0.148. The van der Waals surface area contributed by atoms with Gasteiger partial charge < -0.3 is 14.7 Å². The number of ketones is 1. The molecule has 0 aliphatic carbocycles. The van der Waals surface area contributed by atoms with Crippen LogP contribution in [0.5, 0.6) is 0 Å². The second-order valence-electron chi connectivity index (χ2n) is 5.86. The fraction of sp³-hybridized carbons (Fsp3) is 0.200. The number of aliphatic carboxylic acids is 1. The van der Waals surface area contributed by atoms with Crippen LogP contribution in [0, 0.1) is 0 Å². The van der Waals surface area contributed by atoms with E-state index in [-0.39, 0.29) is 17.2 Å². The average molecular weight is 397 g/mol. The van der Waals surface area contributed by atoms with Crippen LogP contribution in [0.1, 0.15) is 36.7 Å². The molecule has 150 valence electrons. The number of aromatic nitrogens is 2. The second-order valence-corrected chi connectivity index (χ2v) is 5.86. The van der Waals surface area contributed by atoms with Gasteiger partial charge in [0.2, 0.25) is 0 Å². The van der Waals surface area contributed by atoms with Crippen molar-refractivity contribution in [1.29, 1.82) is 0 Å². The van der Waals surface area contributed by atoms with Gasteiger partial charge in [-0.2, -0.15) is 0 Å². The van der Waals surface area contributed by atoms with Crippen molar-refractivity contribution in [3.63, 3.8) is 0 Å². The Balaban J connectivity index is 2.11. The molecule has 0 aliphatic heterocycles. The van der Waals surface area contributed by atoms with Crippen molar-refractivity contribution >= 4 is 29.5 Å². The van der Waals surface area contributed by atoms with E-state index in [0.717, 1.165) is 0 Å². The highest BCUT2D eigenvalue weighted by atomic mass is 16.7. The van der Waals surface area contributed by atoms with Gasteiger partial charge >= 0.3 is 11.9 Å². The Morgan fingerprint density at radius 3 is 2.24 bits per heavy atom. The maximum absolute atomic E-state index is 12.2. The Morgan fingerprint density at radius 2 is 1.72 bits per heavy atom. The Labute approximate surface area is 166 Å². The fourth-order valence-electron chi connectivity index (χ4n) is 2.42. The SMILES string of the molecule is COC(C)=C(C(=O)O)c1ccc(C=NOC(=O)C(C(C)=O)c2ncccn2)cc1. The van der Waals surface area contributed by atoms with Gasteiger partial charge in [-0.25, -0.2) is 19.6 Å². The van der Waals surface area contributed by atoms with E-state index in [1.54, 1.807) is 37.3 Å². The minimum Gasteiger partial charge on any atom is -0.500 e. The molecule has 1 N–H and O–H groups in total. The van der Waals surface area contributed by atoms with Crippen LogP contribution in [0.15, 0.2) is 53.6 Å². The zero-order valence-corrected chi connectivity index (χ0v) is 16.0. The van der Waals surface area contributed by atoms with E-state index < -0.39 is 23.6 Å². The smallest absolute Gasteiger partial charge is 0.353 e. The summed E-state index contributed by atoms with van der Waals surface area (Å²) in [7, 11) is 1.39. The maximum atomic E-state index is 12.2. The molecule has 2 aromatic rings. The Kier molecular flexibility index (Phi) is 7.30. The molecule has 1 unspecified atom stereocenters. The number of hydrogen-bond donors (Lipinski definition) is 1. The first-order chi connectivity index (χ1) is 13.8. The third-order valence-electron chi connectivity index (χ3n) is 3.90. The third-order valence-corrected chi connectivity index (χ3v) is 3.90. The standard InChI is InChI=1S/C20H19N3O6/c1-12(24)16(18-21-9-4-10-22-18)20(27)29-23-11-14-5-7-15(8-6-14)17(19(25)26)13(2)28-3/h4-11,16H,1-3H3,(H,25,26). The number of nitrogens with zero attached hydrogens (tertiary/aromatic N) is 3. The molecule has 0 spiro atoms. The van der Waals surface area contributed by atoms with Gasteiger partial charge in [0.05, 0.1) is 13.3 Å². The number of carboxylic acid groups (broad SMARTS) is 1. The number of ether oxygens (including phenoxy) is 1. The summed E-state index contributed by atoms with van der Waals surface area (Å²) in [6, 6.07) is 7.91. The number of hydrogen-bond acceptors (Lipinski definition) is 8. The van der Waals surface area contributed by atoms with Crippen LogP contribution in [0.2, 0.25) is 0 Å². The molecule has 1 heterocycles. The van der Waals surface area contributed by atoms with Gasteiger partial charge in [0.25, 0.3) is 0 Å². The lowest BCUT2D eigenvalue weighted by Crippen LogP contribution is -2.23. The summed E-state index contributed by atoms with van der Waals surface area (Å²) in [6.45, 7) is 2.79. The van der Waals surface area contributed by atoms with E-state index in [1.807, 2.05) is 0 Å². The van der Waals surface area contributed by atoms with Crippen LogP contribution >= 0.6 is 0 Å². The molecule has 1 aromatic carbocycles. The number of carboxylic acids is 1. The number of oxime groups is 1. The minimum atomic E-state index is -1.27. The summed E-state index contributed by atoms with van der Waals surface area (Å²) in [5.41, 5.74) is 1.04. The summed E-state index contributed by atoms with van der Waals surface area (Å²) in [5.74, 6) is -3.45. The molecule has 0 bridgehead atoms. The Morgan fingerprint density at radius 1 is 1.10 bits per heavy atom. The highest BCUT2D eigenvalue weighted by molar-refractivity contribution is 6.16. The number of methoxy groups -OCH3 is 1. The summed E-state index contributed by atoms with van der Waals surface area (Å²) in [5, 5.41) is 12.9. The molecule has 0 aliphatic rings. The van der Waals surface area contributed by atoms with Crippen molar-refractivity contribution in [2.24, 2.45) is 5.16 Å². The molecule has 1 atom stereocenters. The minimum absolute atomic E-state index is 0.0334. The van der Waals surface area contributed by atoms with Gasteiger partial charge in [-0.15, -0.1) is 0 Å². The number of allylic oxidation sites excluding steroid dienone is 1. The van der Waals surface area contributed by atoms with Crippen molar-refractivity contribution in [1.82, 2.24) is 9.97 Å². The van der Waals surface area contributed by atoms with Gasteiger partial charge in [0.1, 0.15) is 17.2 Å². The number of carbonyl (C=O) groups excluding carboxylic acids is 2. The molecule has 0 saturated carbocycles. The quantitative estimate of drug-likeness (QED) is 0.179. The van der Waals surface area contributed by atoms with E-state index in [2.05, 4.69) is 15.1 Å². The molecule has 0 radical (unpaired) electrons. The van der Waals surface area contributed by atoms with Crippen LogP contribution in [0.25, 0.3) is 5.57 Å². The summed E-state index contributed by atoms with van der Waals surface area (Å²) < 4.78 is 5.00. The number of rotatable bonds is 8. The topological polar surface area (TPSA) is 128 Å². The molecule has 2 rings (SSSR count). The van der Waals surface area contributed by atoms with E-state index in [0.29, 0.717) is 11.1 Å². The normalized spacial score (nSPS) is 12.8. The predicted octanol–water partition coefficient (Wildman–Crippen LogP) is 2.19. The maximum Gasteiger partial charge on any atom is 0.353 e. The van der Waals surface area contributed by atoms with E-state index in [1.165, 1.54) is 32.6 Å². The number of carbonyl (C=O) groups is 3. The summed E-state index contributed by atoms with van der Waals surface area (Å²) in [4.78, 5) is 48.0. The molecule has 9 nitrogen and oxygen atoms in total. The van der Waals surface area contributed by atoms with Crippen LogP contribution in [0.4, 0.5) is 0 Å². The summed E-state index contributed by atoms with van der Waals surface area (Å²) >= 11 is 0. The first kappa shape index (κ1) is 21.4. The van der Waals surface area contributed by atoms with Crippen molar-refractivity contribution in [3.05, 3.63) is 65.4 Å². The van der Waals surface area contributed by atoms with Crippen LogP contribution in [0.3, 0.4) is 0 Å². The molecule has 29 heavy (non-hydrogen) atoms. The highest BCUT2D eigenvalue weighted by Crippen LogP contribution is 2.20. The Hall–Kier alpha value is -3.88. The Bertz CT molecular complexity index is 952. The molecular formula is C20H19N3O6. The van der Waals surface area contributed by atoms with Crippen LogP contribution in [-0.4, -0.2) is 46.1 Å². The lowest BCUT2D eigenvalue weighted by Gasteiger charge is -2.08. The molecule has 0 amide bonds. The third kappa shape index (κ3) is 5.55. The molecule has 0 fully saturated rings. The average Bonchev–Trinajstić information content (AvgIpc) is 2.69. The van der Waals surface area contributed by atoms with Crippen LogP contribution in [-0.2, 0) is 24.0 Å².